The number of morpholine rings is 1. The first kappa shape index (κ1) is 5.52. The van der Waals surface area contributed by atoms with E-state index in [1.165, 1.54) is 13.0 Å². The average molecular weight is 140 g/mol. The summed E-state index contributed by atoms with van der Waals surface area (Å²) in [5.74, 6) is 0. The van der Waals surface area contributed by atoms with Crippen LogP contribution in [-0.2, 0) is 4.74 Å². The van der Waals surface area contributed by atoms with Crippen molar-refractivity contribution in [2.24, 2.45) is 5.73 Å². The maximum absolute atomic E-state index is 5.94. The molecule has 0 saturated carbocycles. The topological polar surface area (TPSA) is 38.5 Å². The quantitative estimate of drug-likeness (QED) is 0.477. The van der Waals surface area contributed by atoms with Crippen LogP contribution in [-0.4, -0.2) is 42.3 Å². The van der Waals surface area contributed by atoms with E-state index in [4.69, 9.17) is 10.5 Å². The zero-order valence-corrected chi connectivity index (χ0v) is 5.86. The smallest absolute Gasteiger partial charge is 0.0873 e. The second-order valence-corrected chi connectivity index (χ2v) is 3.56. The zero-order valence-electron chi connectivity index (χ0n) is 5.86. The maximum atomic E-state index is 5.94. The molecule has 3 aliphatic heterocycles. The monoisotopic (exact) mass is 140 g/mol. The zero-order chi connectivity index (χ0) is 6.72. The van der Waals surface area contributed by atoms with Crippen molar-refractivity contribution in [2.75, 3.05) is 13.1 Å². The van der Waals surface area contributed by atoms with Crippen LogP contribution in [0.2, 0.25) is 0 Å². The predicted octanol–water partition coefficient (Wildman–Crippen LogP) is -0.831. The van der Waals surface area contributed by atoms with E-state index >= 15 is 0 Å². The molecule has 1 unspecified atom stereocenters. The van der Waals surface area contributed by atoms with Gasteiger partial charge in [0.25, 0.3) is 0 Å². The number of fused-ring (bicyclic) bond motifs is 1. The molecule has 0 amide bonds. The molecule has 0 aromatic carbocycles. The minimum absolute atomic E-state index is 0.312. The van der Waals surface area contributed by atoms with Gasteiger partial charge in [0.15, 0.2) is 0 Å². The summed E-state index contributed by atoms with van der Waals surface area (Å²) in [5, 5.41) is 0. The largest absolute Gasteiger partial charge is 0.370 e. The molecule has 3 aliphatic rings. The number of hydrogen-bond donors (Lipinski definition) is 1. The summed E-state index contributed by atoms with van der Waals surface area (Å²) >= 11 is 0. The Morgan fingerprint density at radius 1 is 1.40 bits per heavy atom. The van der Waals surface area contributed by atoms with Crippen LogP contribution >= 0.6 is 0 Å². The normalized spacial score (nSPS) is 58.5. The van der Waals surface area contributed by atoms with Gasteiger partial charge in [-0.15, -0.1) is 0 Å². The van der Waals surface area contributed by atoms with E-state index in [1.807, 2.05) is 0 Å². The van der Waals surface area contributed by atoms with Crippen LogP contribution in [0.15, 0.2) is 0 Å². The van der Waals surface area contributed by atoms with Crippen LogP contribution in [0.5, 0.6) is 0 Å². The SMILES string of the molecule is NC1[C@H]2CN3CC[C@H](O2)[C@H]13. The summed E-state index contributed by atoms with van der Waals surface area (Å²) in [7, 11) is 0. The van der Waals surface area contributed by atoms with Crippen molar-refractivity contribution in [3.05, 3.63) is 0 Å². The van der Waals surface area contributed by atoms with E-state index in [-0.39, 0.29) is 0 Å². The Hall–Kier alpha value is -0.120. The number of ether oxygens (including phenoxy) is 1. The Labute approximate surface area is 60.1 Å². The molecule has 3 fully saturated rings. The third-order valence-corrected chi connectivity index (χ3v) is 3.09. The highest BCUT2D eigenvalue weighted by atomic mass is 16.5. The molecule has 3 rings (SSSR count). The minimum atomic E-state index is 0.312. The Balaban J connectivity index is 2.01. The van der Waals surface area contributed by atoms with Gasteiger partial charge < -0.3 is 10.5 Å². The molecule has 0 aliphatic carbocycles. The Bertz CT molecular complexity index is 156. The molecule has 3 heterocycles. The van der Waals surface area contributed by atoms with Crippen molar-refractivity contribution >= 4 is 0 Å². The third kappa shape index (κ3) is 0.447. The maximum Gasteiger partial charge on any atom is 0.0873 e. The Morgan fingerprint density at radius 2 is 2.30 bits per heavy atom. The first-order valence-corrected chi connectivity index (χ1v) is 4.01. The second-order valence-electron chi connectivity index (χ2n) is 3.56. The molecule has 2 bridgehead atoms. The number of nitrogens with two attached hydrogens (primary N) is 1. The summed E-state index contributed by atoms with van der Waals surface area (Å²) < 4.78 is 5.70. The summed E-state index contributed by atoms with van der Waals surface area (Å²) in [6.07, 6.45) is 2.04. The molecular weight excluding hydrogens is 128 g/mol. The highest BCUT2D eigenvalue weighted by molar-refractivity contribution is 5.10. The molecule has 56 valence electrons. The summed E-state index contributed by atoms with van der Waals surface area (Å²) in [5.41, 5.74) is 5.94. The minimum Gasteiger partial charge on any atom is -0.370 e. The Kier molecular flexibility index (Phi) is 0.854. The molecule has 0 aromatic heterocycles. The van der Waals surface area contributed by atoms with Gasteiger partial charge in [-0.3, -0.25) is 4.90 Å². The molecule has 3 heteroatoms. The van der Waals surface area contributed by atoms with Crippen LogP contribution in [0.4, 0.5) is 0 Å². The van der Waals surface area contributed by atoms with Gasteiger partial charge in [-0.05, 0) is 6.42 Å². The highest BCUT2D eigenvalue weighted by Gasteiger charge is 2.55. The van der Waals surface area contributed by atoms with Crippen molar-refractivity contribution in [1.29, 1.82) is 0 Å². The van der Waals surface area contributed by atoms with Gasteiger partial charge >= 0.3 is 0 Å². The van der Waals surface area contributed by atoms with Gasteiger partial charge in [0.05, 0.1) is 24.3 Å². The van der Waals surface area contributed by atoms with Gasteiger partial charge in [0.2, 0.25) is 0 Å². The lowest BCUT2D eigenvalue weighted by atomic mass is 10.1. The first-order valence-electron chi connectivity index (χ1n) is 4.01. The van der Waals surface area contributed by atoms with Crippen molar-refractivity contribution in [3.8, 4) is 0 Å². The van der Waals surface area contributed by atoms with Crippen molar-refractivity contribution in [2.45, 2.75) is 30.7 Å². The predicted molar refractivity (Wildman–Crippen MR) is 36.6 cm³/mol. The molecule has 0 radical (unpaired) electrons. The van der Waals surface area contributed by atoms with Gasteiger partial charge in [-0.2, -0.15) is 0 Å². The van der Waals surface area contributed by atoms with E-state index in [1.54, 1.807) is 0 Å². The van der Waals surface area contributed by atoms with Crippen LogP contribution in [0.1, 0.15) is 6.42 Å². The van der Waals surface area contributed by atoms with Gasteiger partial charge in [0, 0.05) is 13.1 Å². The molecule has 0 aromatic rings. The number of rotatable bonds is 0. The standard InChI is InChI=1S/C7H12N2O/c8-6-5-3-9-2-1-4(10-5)7(6)9/h4-7H,1-3,8H2/t4-,5+,6?,7+/m0/s1. The van der Waals surface area contributed by atoms with E-state index in [2.05, 4.69) is 4.90 Å². The summed E-state index contributed by atoms with van der Waals surface area (Å²) in [4.78, 5) is 2.48. The molecule has 3 nitrogen and oxygen atoms in total. The Morgan fingerprint density at radius 3 is 2.90 bits per heavy atom. The second kappa shape index (κ2) is 1.55. The summed E-state index contributed by atoms with van der Waals surface area (Å²) in [6.45, 7) is 2.29. The highest BCUT2D eigenvalue weighted by Crippen LogP contribution is 2.38. The van der Waals surface area contributed by atoms with Crippen LogP contribution in [0, 0.1) is 0 Å². The fraction of sp³-hybridized carbons (Fsp3) is 1.00. The van der Waals surface area contributed by atoms with Gasteiger partial charge in [0.1, 0.15) is 0 Å². The molecule has 10 heavy (non-hydrogen) atoms. The molecular formula is C7H12N2O. The van der Waals surface area contributed by atoms with Crippen LogP contribution in [0.3, 0.4) is 0 Å². The fourth-order valence-corrected chi connectivity index (χ4v) is 2.63. The number of nitrogens with zero attached hydrogens (tertiary/aromatic N) is 1. The molecule has 3 saturated heterocycles. The van der Waals surface area contributed by atoms with E-state index in [9.17, 15) is 0 Å². The molecule has 0 spiro atoms. The van der Waals surface area contributed by atoms with Crippen LogP contribution < -0.4 is 5.73 Å². The number of hydrogen-bond acceptors (Lipinski definition) is 3. The summed E-state index contributed by atoms with van der Waals surface area (Å²) in [6, 6.07) is 0.887. The lowest BCUT2D eigenvalue weighted by Crippen LogP contribution is -2.38. The van der Waals surface area contributed by atoms with Crippen LogP contribution in [0.25, 0.3) is 0 Å². The lowest BCUT2D eigenvalue weighted by Gasteiger charge is -2.21. The fourth-order valence-electron chi connectivity index (χ4n) is 2.63. The average Bonchev–Trinajstić information content (AvgIpc) is 2.44. The third-order valence-electron chi connectivity index (χ3n) is 3.09. The lowest BCUT2D eigenvalue weighted by molar-refractivity contribution is 0.00885. The van der Waals surface area contributed by atoms with E-state index < -0.39 is 0 Å². The van der Waals surface area contributed by atoms with Gasteiger partial charge in [-0.1, -0.05) is 0 Å². The van der Waals surface area contributed by atoms with Crippen molar-refractivity contribution in [3.63, 3.8) is 0 Å². The molecule has 4 atom stereocenters. The van der Waals surface area contributed by atoms with Crippen molar-refractivity contribution < 1.29 is 4.74 Å². The molecule has 2 N–H and O–H groups in total. The first-order chi connectivity index (χ1) is 4.86. The van der Waals surface area contributed by atoms with E-state index in [0.29, 0.717) is 24.3 Å². The van der Waals surface area contributed by atoms with Gasteiger partial charge in [-0.25, -0.2) is 0 Å². The van der Waals surface area contributed by atoms with Crippen molar-refractivity contribution in [1.82, 2.24) is 4.90 Å². The van der Waals surface area contributed by atoms with E-state index in [0.717, 1.165) is 6.54 Å².